The summed E-state index contributed by atoms with van der Waals surface area (Å²) in [6, 6.07) is 20.6. The molecule has 0 radical (unpaired) electrons. The molecule has 2 aliphatic rings. The van der Waals surface area contributed by atoms with Crippen LogP contribution >= 0.6 is 0 Å². The smallest absolute Gasteiger partial charge is 0.228 e. The second-order valence-electron chi connectivity index (χ2n) is 9.23. The normalized spacial score (nSPS) is 22.9. The first-order chi connectivity index (χ1) is 16.7. The number of aromatic nitrogens is 1. The van der Waals surface area contributed by atoms with Gasteiger partial charge in [-0.2, -0.15) is 0 Å². The molecule has 1 N–H and O–H groups in total. The third-order valence-electron chi connectivity index (χ3n) is 7.26. The minimum Gasteiger partial charge on any atom is -0.395 e. The van der Waals surface area contributed by atoms with Gasteiger partial charge in [0.05, 0.1) is 13.0 Å². The van der Waals surface area contributed by atoms with Crippen molar-refractivity contribution in [1.29, 1.82) is 0 Å². The largest absolute Gasteiger partial charge is 0.395 e. The fraction of sp³-hybridized carbons (Fsp3) is 0.357. The summed E-state index contributed by atoms with van der Waals surface area (Å²) in [4.78, 5) is 21.8. The van der Waals surface area contributed by atoms with Crippen molar-refractivity contribution in [2.75, 3.05) is 26.2 Å². The van der Waals surface area contributed by atoms with E-state index < -0.39 is 0 Å². The Kier molecular flexibility index (Phi) is 6.70. The minimum absolute atomic E-state index is 0.0372. The van der Waals surface area contributed by atoms with E-state index in [1.54, 1.807) is 18.3 Å². The first kappa shape index (κ1) is 22.7. The lowest BCUT2D eigenvalue weighted by Crippen LogP contribution is -2.68. The van der Waals surface area contributed by atoms with Crippen LogP contribution in [0.25, 0.3) is 11.1 Å². The maximum Gasteiger partial charge on any atom is 0.228 e. The number of aliphatic hydroxyl groups is 1. The average Bonchev–Trinajstić information content (AvgIpc) is 2.84. The lowest BCUT2D eigenvalue weighted by molar-refractivity contribution is -0.135. The van der Waals surface area contributed by atoms with Crippen molar-refractivity contribution in [1.82, 2.24) is 14.8 Å². The molecule has 5 nitrogen and oxygen atoms in total. The molecule has 0 saturated carbocycles. The summed E-state index contributed by atoms with van der Waals surface area (Å²) in [5, 5.41) is 10.2. The zero-order valence-electron chi connectivity index (χ0n) is 19.2. The van der Waals surface area contributed by atoms with Crippen LogP contribution in [0.5, 0.6) is 0 Å². The van der Waals surface area contributed by atoms with Crippen LogP contribution in [0.4, 0.5) is 4.39 Å². The lowest BCUT2D eigenvalue weighted by Gasteiger charge is -2.57. The first-order valence-electron chi connectivity index (χ1n) is 12.0. The zero-order valence-corrected chi connectivity index (χ0v) is 19.2. The highest BCUT2D eigenvalue weighted by atomic mass is 19.1. The predicted octanol–water partition coefficient (Wildman–Crippen LogP) is 3.88. The van der Waals surface area contributed by atoms with E-state index in [1.165, 1.54) is 6.07 Å². The molecule has 0 unspecified atom stereocenters. The summed E-state index contributed by atoms with van der Waals surface area (Å²) in [6.07, 6.45) is 3.98. The number of carbonyl (C=O) groups is 1. The molecular formula is C28H30FN3O2. The van der Waals surface area contributed by atoms with Crippen molar-refractivity contribution >= 4 is 5.91 Å². The molecule has 176 valence electrons. The standard InChI is InChI=1S/C28H30FN3O2/c29-24-9-2-1-8-23(24)20-10-12-21(13-11-20)28-25-18-31(15-5-6-16-32(25)26(28)19-33)27(34)17-22-7-3-4-14-30-22/h1-4,7-14,25-26,28,33H,5-6,15-19H2/t25-,26-,28-/m0/s1. The van der Waals surface area contributed by atoms with Gasteiger partial charge < -0.3 is 10.0 Å². The van der Waals surface area contributed by atoms with Crippen LogP contribution in [0.2, 0.25) is 0 Å². The number of nitrogens with zero attached hydrogens (tertiary/aromatic N) is 3. The number of benzene rings is 2. The molecule has 2 aromatic carbocycles. The van der Waals surface area contributed by atoms with Gasteiger partial charge in [-0.05, 0) is 48.7 Å². The molecule has 0 bridgehead atoms. The van der Waals surface area contributed by atoms with E-state index in [1.807, 2.05) is 53.4 Å². The monoisotopic (exact) mass is 459 g/mol. The molecule has 6 heteroatoms. The number of halogens is 1. The van der Waals surface area contributed by atoms with Gasteiger partial charge in [0.15, 0.2) is 0 Å². The van der Waals surface area contributed by atoms with Gasteiger partial charge in [-0.15, -0.1) is 0 Å². The van der Waals surface area contributed by atoms with Gasteiger partial charge in [-0.25, -0.2) is 4.39 Å². The summed E-state index contributed by atoms with van der Waals surface area (Å²) < 4.78 is 14.2. The Bertz CT molecular complexity index is 1120. The van der Waals surface area contributed by atoms with Crippen molar-refractivity contribution < 1.29 is 14.3 Å². The van der Waals surface area contributed by atoms with Crippen LogP contribution in [0.15, 0.2) is 72.9 Å². The van der Waals surface area contributed by atoms with Crippen molar-refractivity contribution in [2.24, 2.45) is 0 Å². The van der Waals surface area contributed by atoms with Crippen LogP contribution in [0, 0.1) is 5.82 Å². The summed E-state index contributed by atoms with van der Waals surface area (Å²) in [6.45, 7) is 2.40. The number of carbonyl (C=O) groups excluding carboxylic acids is 1. The van der Waals surface area contributed by atoms with Gasteiger partial charge in [-0.1, -0.05) is 48.5 Å². The van der Waals surface area contributed by atoms with Crippen molar-refractivity contribution in [3.8, 4) is 11.1 Å². The molecule has 34 heavy (non-hydrogen) atoms. The number of hydrogen-bond acceptors (Lipinski definition) is 4. The summed E-state index contributed by atoms with van der Waals surface area (Å²) in [5.41, 5.74) is 3.33. The van der Waals surface area contributed by atoms with Gasteiger partial charge in [0, 0.05) is 48.5 Å². The maximum atomic E-state index is 14.2. The Morgan fingerprint density at radius 2 is 1.76 bits per heavy atom. The Hall–Kier alpha value is -3.09. The fourth-order valence-corrected chi connectivity index (χ4v) is 5.52. The number of fused-ring (bicyclic) bond motifs is 1. The van der Waals surface area contributed by atoms with E-state index >= 15 is 0 Å². The molecule has 5 rings (SSSR count). The van der Waals surface area contributed by atoms with Gasteiger partial charge in [0.25, 0.3) is 0 Å². The number of hydrogen-bond donors (Lipinski definition) is 1. The molecule has 2 fully saturated rings. The Morgan fingerprint density at radius 3 is 2.50 bits per heavy atom. The SMILES string of the molecule is O=C(Cc1ccccn1)N1CCCCN2[C@@H](CO)[C@@H](c3ccc(-c4ccccc4F)cc3)[C@@H]2C1. The van der Waals surface area contributed by atoms with Crippen LogP contribution in [0.3, 0.4) is 0 Å². The topological polar surface area (TPSA) is 56.7 Å². The summed E-state index contributed by atoms with van der Waals surface area (Å²) in [7, 11) is 0. The highest BCUT2D eigenvalue weighted by Gasteiger charge is 2.49. The number of pyridine rings is 1. The van der Waals surface area contributed by atoms with E-state index in [-0.39, 0.29) is 36.3 Å². The molecule has 1 amide bonds. The Labute approximate surface area is 199 Å². The molecule has 0 aliphatic carbocycles. The molecule has 1 aromatic heterocycles. The lowest BCUT2D eigenvalue weighted by atomic mass is 9.74. The van der Waals surface area contributed by atoms with E-state index in [2.05, 4.69) is 9.88 Å². The van der Waals surface area contributed by atoms with E-state index in [0.29, 0.717) is 18.5 Å². The van der Waals surface area contributed by atoms with Crippen LogP contribution < -0.4 is 0 Å². The molecular weight excluding hydrogens is 429 g/mol. The average molecular weight is 460 g/mol. The fourth-order valence-electron chi connectivity index (χ4n) is 5.52. The summed E-state index contributed by atoms with van der Waals surface area (Å²) in [5.74, 6) is -0.00930. The van der Waals surface area contributed by atoms with Gasteiger partial charge >= 0.3 is 0 Å². The van der Waals surface area contributed by atoms with E-state index in [9.17, 15) is 14.3 Å². The summed E-state index contributed by atoms with van der Waals surface area (Å²) >= 11 is 0. The highest BCUT2D eigenvalue weighted by molar-refractivity contribution is 5.78. The quantitative estimate of drug-likeness (QED) is 0.629. The third kappa shape index (κ3) is 4.48. The number of rotatable bonds is 5. The molecule has 3 atom stereocenters. The van der Waals surface area contributed by atoms with Gasteiger partial charge in [-0.3, -0.25) is 14.7 Å². The van der Waals surface area contributed by atoms with Crippen molar-refractivity contribution in [3.63, 3.8) is 0 Å². The first-order valence-corrected chi connectivity index (χ1v) is 12.0. The second-order valence-corrected chi connectivity index (χ2v) is 9.23. The van der Waals surface area contributed by atoms with E-state index in [0.717, 1.165) is 42.8 Å². The van der Waals surface area contributed by atoms with Gasteiger partial charge in [0.1, 0.15) is 5.82 Å². The van der Waals surface area contributed by atoms with Crippen LogP contribution in [-0.2, 0) is 11.2 Å². The number of aliphatic hydroxyl groups excluding tert-OH is 1. The maximum absolute atomic E-state index is 14.2. The third-order valence-corrected chi connectivity index (χ3v) is 7.26. The van der Waals surface area contributed by atoms with Gasteiger partial charge in [0.2, 0.25) is 5.91 Å². The number of amides is 1. The van der Waals surface area contributed by atoms with Crippen molar-refractivity contribution in [3.05, 3.63) is 90.0 Å². The molecule has 2 saturated heterocycles. The molecule has 3 aromatic rings. The molecule has 3 heterocycles. The van der Waals surface area contributed by atoms with Crippen molar-refractivity contribution in [2.45, 2.75) is 37.3 Å². The zero-order chi connectivity index (χ0) is 23.5. The van der Waals surface area contributed by atoms with Crippen LogP contribution in [0.1, 0.15) is 30.0 Å². The van der Waals surface area contributed by atoms with Crippen LogP contribution in [-0.4, -0.2) is 64.1 Å². The Morgan fingerprint density at radius 1 is 1.00 bits per heavy atom. The minimum atomic E-state index is -0.236. The molecule has 2 aliphatic heterocycles. The highest BCUT2D eigenvalue weighted by Crippen LogP contribution is 2.42. The predicted molar refractivity (Wildman–Crippen MR) is 130 cm³/mol. The van der Waals surface area contributed by atoms with E-state index in [4.69, 9.17) is 0 Å². The molecule has 0 spiro atoms. The Balaban J connectivity index is 1.36. The second kappa shape index (κ2) is 10.0.